The molecule has 0 aromatic heterocycles. The molecule has 5 nitrogen and oxygen atoms in total. The number of nitrogens with zero attached hydrogens (tertiary/aromatic N) is 1. The summed E-state index contributed by atoms with van der Waals surface area (Å²) >= 11 is 0. The average Bonchev–Trinajstić information content (AvgIpc) is 2.61. The van der Waals surface area contributed by atoms with Crippen LogP contribution < -0.4 is 21.1 Å². The molecule has 2 aromatic carbocycles. The van der Waals surface area contributed by atoms with Crippen molar-refractivity contribution >= 4 is 11.4 Å². The lowest BCUT2D eigenvalue weighted by Gasteiger charge is -2.31. The normalized spacial score (nSPS) is 16.5. The number of hydrogen-bond acceptors (Lipinski definition) is 5. The molecule has 0 aliphatic carbocycles. The van der Waals surface area contributed by atoms with Gasteiger partial charge in [0.1, 0.15) is 11.4 Å². The van der Waals surface area contributed by atoms with E-state index < -0.39 is 5.43 Å². The topological polar surface area (TPSA) is 58.6 Å². The van der Waals surface area contributed by atoms with Gasteiger partial charge in [0.2, 0.25) is 0 Å². The molecule has 0 saturated carbocycles. The smallest absolute Gasteiger partial charge is 0.253 e. The minimum atomic E-state index is -0.391. The van der Waals surface area contributed by atoms with Crippen molar-refractivity contribution in [2.75, 3.05) is 36.5 Å². The number of ether oxygens (including phenoxy) is 1. The van der Waals surface area contributed by atoms with Crippen LogP contribution in [0.15, 0.2) is 39.9 Å². The number of aryl methyl sites for hydroxylation is 1. The predicted molar refractivity (Wildman–Crippen MR) is 92.2 cm³/mol. The molecule has 122 valence electrons. The zero-order valence-electron chi connectivity index (χ0n) is 13.4. The Hall–Kier alpha value is -2.14. The molecule has 0 unspecified atom stereocenters. The summed E-state index contributed by atoms with van der Waals surface area (Å²) in [6.07, 6.45) is 1.85. The molecule has 2 aromatic rings. The van der Waals surface area contributed by atoms with Crippen molar-refractivity contribution in [3.05, 3.63) is 56.3 Å². The predicted octanol–water partition coefficient (Wildman–Crippen LogP) is 1.55. The van der Waals surface area contributed by atoms with Gasteiger partial charge in [-0.3, -0.25) is 9.59 Å². The van der Waals surface area contributed by atoms with Crippen LogP contribution in [0.2, 0.25) is 0 Å². The fourth-order valence-corrected chi connectivity index (χ4v) is 2.95. The molecule has 0 spiro atoms. The van der Waals surface area contributed by atoms with Crippen molar-refractivity contribution in [2.24, 2.45) is 0 Å². The summed E-state index contributed by atoms with van der Waals surface area (Å²) in [6.45, 7) is 4.57. The summed E-state index contributed by atoms with van der Waals surface area (Å²) < 4.78 is 5.30. The number of benzene rings is 1. The molecule has 0 radical (unpaired) electrons. The first kappa shape index (κ1) is 15.7. The van der Waals surface area contributed by atoms with Crippen LogP contribution in [0.1, 0.15) is 18.9 Å². The third-order valence-electron chi connectivity index (χ3n) is 4.31. The molecule has 5 heteroatoms. The van der Waals surface area contributed by atoms with Gasteiger partial charge in [-0.05, 0) is 25.3 Å². The van der Waals surface area contributed by atoms with Gasteiger partial charge < -0.3 is 15.0 Å². The lowest BCUT2D eigenvalue weighted by atomic mass is 10.0. The van der Waals surface area contributed by atoms with Crippen molar-refractivity contribution in [2.45, 2.75) is 25.8 Å². The van der Waals surface area contributed by atoms with Crippen LogP contribution in [0.4, 0.5) is 11.4 Å². The average molecular weight is 314 g/mol. The van der Waals surface area contributed by atoms with Crippen LogP contribution in [0, 0.1) is 0 Å². The summed E-state index contributed by atoms with van der Waals surface area (Å²) in [6, 6.07) is 10.4. The highest BCUT2D eigenvalue weighted by molar-refractivity contribution is 5.75. The van der Waals surface area contributed by atoms with E-state index in [-0.39, 0.29) is 11.5 Å². The van der Waals surface area contributed by atoms with Crippen LogP contribution in [0.5, 0.6) is 0 Å². The zero-order valence-corrected chi connectivity index (χ0v) is 13.4. The van der Waals surface area contributed by atoms with Crippen LogP contribution in [-0.2, 0) is 11.2 Å². The lowest BCUT2D eigenvalue weighted by molar-refractivity contribution is 0.122. The maximum atomic E-state index is 11.9. The number of anilines is 2. The second-order valence-corrected chi connectivity index (χ2v) is 6.05. The number of nitrogens with one attached hydrogen (secondary N) is 1. The Kier molecular flexibility index (Phi) is 4.76. The summed E-state index contributed by atoms with van der Waals surface area (Å²) in [7, 11) is 0. The Morgan fingerprint density at radius 3 is 2.52 bits per heavy atom. The van der Waals surface area contributed by atoms with Gasteiger partial charge in [0, 0.05) is 19.1 Å². The monoisotopic (exact) mass is 314 g/mol. The molecule has 3 rings (SSSR count). The molecule has 0 amide bonds. The first-order valence-electron chi connectivity index (χ1n) is 8.13. The zero-order chi connectivity index (χ0) is 16.2. The fraction of sp³-hybridized carbons (Fsp3) is 0.444. The number of hydrogen-bond donors (Lipinski definition) is 1. The van der Waals surface area contributed by atoms with Gasteiger partial charge in [-0.25, -0.2) is 0 Å². The van der Waals surface area contributed by atoms with Gasteiger partial charge in [-0.2, -0.15) is 0 Å². The Morgan fingerprint density at radius 2 is 1.83 bits per heavy atom. The van der Waals surface area contributed by atoms with Gasteiger partial charge in [0.15, 0.2) is 0 Å². The van der Waals surface area contributed by atoms with Crippen LogP contribution in [0.25, 0.3) is 0 Å². The van der Waals surface area contributed by atoms with Crippen molar-refractivity contribution in [3.63, 3.8) is 0 Å². The minimum absolute atomic E-state index is 0.137. The van der Waals surface area contributed by atoms with E-state index in [1.165, 1.54) is 5.56 Å². The van der Waals surface area contributed by atoms with Crippen LogP contribution >= 0.6 is 0 Å². The quantitative estimate of drug-likeness (QED) is 0.820. The molecule has 1 aliphatic rings. The molecule has 1 saturated heterocycles. The molecular weight excluding hydrogens is 292 g/mol. The molecule has 1 N–H and O–H groups in total. The summed E-state index contributed by atoms with van der Waals surface area (Å²) in [4.78, 5) is 25.8. The van der Waals surface area contributed by atoms with Gasteiger partial charge in [0.25, 0.3) is 10.9 Å². The van der Waals surface area contributed by atoms with Crippen LogP contribution in [0.3, 0.4) is 0 Å². The van der Waals surface area contributed by atoms with Gasteiger partial charge in [-0.1, -0.05) is 30.3 Å². The van der Waals surface area contributed by atoms with Crippen molar-refractivity contribution < 1.29 is 4.74 Å². The third kappa shape index (κ3) is 3.45. The molecule has 1 fully saturated rings. The molecule has 0 bridgehead atoms. The summed E-state index contributed by atoms with van der Waals surface area (Å²) in [5.41, 5.74) is 1.55. The highest BCUT2D eigenvalue weighted by Crippen LogP contribution is 2.22. The van der Waals surface area contributed by atoms with Gasteiger partial charge in [0.05, 0.1) is 13.2 Å². The van der Waals surface area contributed by atoms with E-state index in [1.807, 2.05) is 30.0 Å². The van der Waals surface area contributed by atoms with Crippen LogP contribution in [-0.4, -0.2) is 32.3 Å². The third-order valence-corrected chi connectivity index (χ3v) is 4.31. The maximum Gasteiger partial charge on any atom is 0.253 e. The number of rotatable bonds is 6. The second kappa shape index (κ2) is 6.96. The number of morpholine rings is 1. The fourth-order valence-electron chi connectivity index (χ4n) is 2.95. The van der Waals surface area contributed by atoms with E-state index >= 15 is 0 Å². The molecule has 1 atom stereocenters. The second-order valence-electron chi connectivity index (χ2n) is 6.05. The van der Waals surface area contributed by atoms with E-state index in [0.29, 0.717) is 37.7 Å². The lowest BCUT2D eigenvalue weighted by Crippen LogP contribution is -2.47. The Bertz CT molecular complexity index is 714. The molecule has 1 heterocycles. The van der Waals surface area contributed by atoms with Crippen molar-refractivity contribution in [1.82, 2.24) is 0 Å². The van der Waals surface area contributed by atoms with Gasteiger partial charge in [-0.15, -0.1) is 0 Å². The highest BCUT2D eigenvalue weighted by atomic mass is 16.5. The van der Waals surface area contributed by atoms with E-state index in [9.17, 15) is 9.59 Å². The molecule has 1 aliphatic heterocycles. The Morgan fingerprint density at radius 1 is 1.13 bits per heavy atom. The molecular formula is C18H22N2O3. The first-order chi connectivity index (χ1) is 11.2. The Labute approximate surface area is 135 Å². The SMILES string of the molecule is C[C@@H](CCc1ccccc1)Nc1c(N2CCOCC2)c(=O)c1=O. The Balaban J connectivity index is 1.62. The van der Waals surface area contributed by atoms with Crippen molar-refractivity contribution in [1.29, 1.82) is 0 Å². The summed E-state index contributed by atoms with van der Waals surface area (Å²) in [5.74, 6) is 0. The minimum Gasteiger partial charge on any atom is -0.378 e. The van der Waals surface area contributed by atoms with E-state index in [0.717, 1.165) is 12.8 Å². The molecule has 23 heavy (non-hydrogen) atoms. The van der Waals surface area contributed by atoms with E-state index in [1.54, 1.807) is 0 Å². The van der Waals surface area contributed by atoms with E-state index in [2.05, 4.69) is 17.4 Å². The summed E-state index contributed by atoms with van der Waals surface area (Å²) in [5, 5.41) is 3.24. The standard InChI is InChI=1S/C18H22N2O3/c1-13(7-8-14-5-3-2-4-6-14)19-15-16(18(22)17(15)21)20-9-11-23-12-10-20/h2-6,13,19H,7-12H2,1H3/t13-/m0/s1. The highest BCUT2D eigenvalue weighted by Gasteiger charge is 2.27. The van der Waals surface area contributed by atoms with E-state index in [4.69, 9.17) is 4.74 Å². The largest absolute Gasteiger partial charge is 0.378 e. The maximum absolute atomic E-state index is 11.9. The van der Waals surface area contributed by atoms with Crippen molar-refractivity contribution in [3.8, 4) is 0 Å². The first-order valence-corrected chi connectivity index (χ1v) is 8.13. The van der Waals surface area contributed by atoms with Gasteiger partial charge >= 0.3 is 0 Å².